The van der Waals surface area contributed by atoms with Crippen LogP contribution in [-0.2, 0) is 33.2 Å². The van der Waals surface area contributed by atoms with Gasteiger partial charge in [-0.25, -0.2) is 0 Å². The van der Waals surface area contributed by atoms with Crippen LogP contribution in [0.5, 0.6) is 5.75 Å². The third-order valence-corrected chi connectivity index (χ3v) is 15.4. The van der Waals surface area contributed by atoms with Gasteiger partial charge in [0.05, 0.1) is 32.0 Å². The van der Waals surface area contributed by atoms with Gasteiger partial charge in [-0.2, -0.15) is 0 Å². The van der Waals surface area contributed by atoms with Crippen molar-refractivity contribution in [2.75, 3.05) is 58.9 Å². The maximum absolute atomic E-state index is 14.9. The van der Waals surface area contributed by atoms with E-state index in [9.17, 15) is 20.1 Å². The molecule has 6 aliphatic rings. The molecule has 1 aliphatic carbocycles. The van der Waals surface area contributed by atoms with E-state index >= 15 is 0 Å². The van der Waals surface area contributed by atoms with Crippen molar-refractivity contribution in [3.63, 3.8) is 0 Å². The first-order valence-corrected chi connectivity index (χ1v) is 20.2. The predicted molar refractivity (Wildman–Crippen MR) is 209 cm³/mol. The Morgan fingerprint density at radius 1 is 1.06 bits per heavy atom. The number of aromatic amines is 1. The number of esters is 1. The molecule has 9 rings (SSSR count). The van der Waals surface area contributed by atoms with Gasteiger partial charge in [0.25, 0.3) is 0 Å². The third kappa shape index (κ3) is 4.67. The Labute approximate surface area is 319 Å². The van der Waals surface area contributed by atoms with Gasteiger partial charge in [-0.1, -0.05) is 44.2 Å². The second kappa shape index (κ2) is 12.3. The standard InChI is InChI=1S/C44H58N4O6/c1-7-41(52)22-27-23-43(39(50)54-6,35-30(14-18-47(25-27)26-41)29-12-9-10-13-32(29)45-35)24-28-20-31-33(21-34(28)53-5)46(4)36-40(3,51)38(49)42(8-2)15-11-17-48-19-16-44(31,36)37(42)48/h9-13,15,20-21,27,36-38,45,49,51-52H,7-8,14,16-19,22-26H2,1-6H3/t27?,36?,37-,38-,40-,41?,42+,43?,44?/m0/s1. The minimum atomic E-state index is -1.40. The Morgan fingerprint density at radius 2 is 1.85 bits per heavy atom. The van der Waals surface area contributed by atoms with Crippen LogP contribution in [0.15, 0.2) is 48.6 Å². The van der Waals surface area contributed by atoms with E-state index in [2.05, 4.69) is 76.0 Å². The summed E-state index contributed by atoms with van der Waals surface area (Å²) in [5.41, 5.74) is 1.68. The average molecular weight is 739 g/mol. The van der Waals surface area contributed by atoms with Crippen LogP contribution in [0.1, 0.15) is 75.3 Å². The van der Waals surface area contributed by atoms with Crippen LogP contribution >= 0.6 is 0 Å². The lowest BCUT2D eigenvalue weighted by molar-refractivity contribution is -0.190. The van der Waals surface area contributed by atoms with Crippen LogP contribution in [0.25, 0.3) is 10.9 Å². The van der Waals surface area contributed by atoms with E-state index in [4.69, 9.17) is 9.47 Å². The maximum Gasteiger partial charge on any atom is 0.318 e. The third-order valence-electron chi connectivity index (χ3n) is 15.4. The Morgan fingerprint density at radius 3 is 2.59 bits per heavy atom. The Hall–Kier alpha value is -3.41. The highest BCUT2D eigenvalue weighted by Gasteiger charge is 2.75. The molecule has 290 valence electrons. The van der Waals surface area contributed by atoms with Gasteiger partial charge in [0.2, 0.25) is 0 Å². The van der Waals surface area contributed by atoms with Crippen LogP contribution in [0.4, 0.5) is 5.69 Å². The maximum atomic E-state index is 14.9. The first kappa shape index (κ1) is 36.2. The van der Waals surface area contributed by atoms with Crippen LogP contribution in [-0.4, -0.2) is 119 Å². The van der Waals surface area contributed by atoms with Gasteiger partial charge in [-0.15, -0.1) is 0 Å². The molecule has 4 N–H and O–H groups in total. The number of hydrogen-bond acceptors (Lipinski definition) is 9. The second-order valence-corrected chi connectivity index (χ2v) is 18.0. The minimum Gasteiger partial charge on any atom is -0.496 e. The van der Waals surface area contributed by atoms with Gasteiger partial charge in [0, 0.05) is 78.4 Å². The fourth-order valence-corrected chi connectivity index (χ4v) is 13.3. The number of benzene rings is 2. The number of hydrogen-bond donors (Lipinski definition) is 4. The van der Waals surface area contributed by atoms with Crippen molar-refractivity contribution in [1.82, 2.24) is 14.8 Å². The molecule has 2 bridgehead atoms. The quantitative estimate of drug-likeness (QED) is 0.215. The van der Waals surface area contributed by atoms with Crippen molar-refractivity contribution in [3.8, 4) is 5.75 Å². The lowest BCUT2D eigenvalue weighted by Gasteiger charge is -2.63. The number of carbonyl (C=O) groups excluding carboxylic acids is 1. The zero-order chi connectivity index (χ0) is 38.0. The van der Waals surface area contributed by atoms with Gasteiger partial charge < -0.3 is 34.7 Å². The van der Waals surface area contributed by atoms with Crippen molar-refractivity contribution in [2.24, 2.45) is 11.3 Å². The first-order valence-electron chi connectivity index (χ1n) is 20.2. The number of likely N-dealkylation sites (N-methyl/N-ethyl adjacent to an activating group) is 1. The van der Waals surface area contributed by atoms with E-state index in [-0.39, 0.29) is 24.0 Å². The summed E-state index contributed by atoms with van der Waals surface area (Å²) >= 11 is 0. The molecule has 6 unspecified atom stereocenters. The molecule has 10 atom stereocenters. The van der Waals surface area contributed by atoms with E-state index in [0.29, 0.717) is 44.4 Å². The fourth-order valence-electron chi connectivity index (χ4n) is 13.3. The number of fused-ring (bicyclic) bond motifs is 6. The molecule has 1 spiro atoms. The summed E-state index contributed by atoms with van der Waals surface area (Å²) in [6.07, 6.45) is 7.84. The molecule has 54 heavy (non-hydrogen) atoms. The zero-order valence-corrected chi connectivity index (χ0v) is 32.8. The highest BCUT2D eigenvalue weighted by molar-refractivity contribution is 5.91. The van der Waals surface area contributed by atoms with Gasteiger partial charge in [0.1, 0.15) is 16.8 Å². The highest BCUT2D eigenvalue weighted by Crippen LogP contribution is 2.67. The monoisotopic (exact) mass is 738 g/mol. The van der Waals surface area contributed by atoms with E-state index in [1.807, 2.05) is 20.0 Å². The lowest BCUT2D eigenvalue weighted by atomic mass is 9.48. The van der Waals surface area contributed by atoms with E-state index in [0.717, 1.165) is 78.0 Å². The van der Waals surface area contributed by atoms with Crippen molar-refractivity contribution in [3.05, 3.63) is 70.9 Å². The number of carbonyl (C=O) groups is 1. The molecule has 10 heteroatoms. The van der Waals surface area contributed by atoms with Crippen LogP contribution < -0.4 is 9.64 Å². The number of aromatic nitrogens is 1. The van der Waals surface area contributed by atoms with Crippen LogP contribution in [0.2, 0.25) is 0 Å². The molecule has 6 heterocycles. The van der Waals surface area contributed by atoms with Crippen LogP contribution in [0, 0.1) is 11.3 Å². The number of rotatable bonds is 6. The lowest BCUT2D eigenvalue weighted by Crippen LogP contribution is -2.77. The number of para-hydroxylation sites is 1. The summed E-state index contributed by atoms with van der Waals surface area (Å²) in [7, 11) is 5.24. The Bertz CT molecular complexity index is 2030. The normalized spacial score (nSPS) is 39.6. The van der Waals surface area contributed by atoms with E-state index < -0.39 is 33.6 Å². The summed E-state index contributed by atoms with van der Waals surface area (Å²) in [5, 5.41) is 37.7. The Kier molecular flexibility index (Phi) is 8.25. The number of H-pyrrole nitrogens is 1. The molecule has 0 amide bonds. The molecule has 3 aromatic rings. The van der Waals surface area contributed by atoms with E-state index in [1.165, 1.54) is 7.11 Å². The SMILES string of the molecule is CCC1(O)CC2CN(CCc3c([nH]c4ccccc34)C(Cc3cc4c(cc3OC)N(C)C3C45CCN4CC=C[C@](CC)([C@H]45)[C@@H](O)[C@@]3(C)O)(C(=O)OC)C2)C1. The van der Waals surface area contributed by atoms with Crippen molar-refractivity contribution < 1.29 is 29.6 Å². The summed E-state index contributed by atoms with van der Waals surface area (Å²) in [6.45, 7) is 9.94. The van der Waals surface area contributed by atoms with Crippen molar-refractivity contribution in [1.29, 1.82) is 0 Å². The summed E-state index contributed by atoms with van der Waals surface area (Å²) in [5.74, 6) is 0.447. The number of anilines is 1. The second-order valence-electron chi connectivity index (χ2n) is 18.0. The number of nitrogens with one attached hydrogen (secondary N) is 1. The average Bonchev–Trinajstić information content (AvgIpc) is 3.82. The number of methoxy groups -OCH3 is 2. The molecule has 5 aliphatic heterocycles. The molecule has 1 aromatic heterocycles. The Balaban J connectivity index is 1.26. The smallest absolute Gasteiger partial charge is 0.318 e. The highest BCUT2D eigenvalue weighted by atomic mass is 16.5. The topological polar surface area (TPSA) is 122 Å². The number of ether oxygens (including phenoxy) is 2. The molecule has 3 fully saturated rings. The number of nitrogens with zero attached hydrogens (tertiary/aromatic N) is 3. The minimum absolute atomic E-state index is 0.00936. The van der Waals surface area contributed by atoms with Crippen molar-refractivity contribution >= 4 is 22.6 Å². The molecule has 2 saturated heterocycles. The van der Waals surface area contributed by atoms with Gasteiger partial charge in [-0.3, -0.25) is 14.6 Å². The zero-order valence-electron chi connectivity index (χ0n) is 32.8. The molecule has 10 nitrogen and oxygen atoms in total. The van der Waals surface area contributed by atoms with Crippen molar-refractivity contribution in [2.45, 2.75) is 106 Å². The van der Waals surface area contributed by atoms with Crippen LogP contribution in [0.3, 0.4) is 0 Å². The number of aliphatic hydroxyl groups is 3. The largest absolute Gasteiger partial charge is 0.496 e. The summed E-state index contributed by atoms with van der Waals surface area (Å²) in [6, 6.07) is 12.4. The van der Waals surface area contributed by atoms with Gasteiger partial charge in [0.15, 0.2) is 0 Å². The molecule has 2 aromatic carbocycles. The number of piperidine rings is 1. The summed E-state index contributed by atoms with van der Waals surface area (Å²) in [4.78, 5) is 25.8. The number of aliphatic hydroxyl groups excluding tert-OH is 1. The molecule has 0 radical (unpaired) electrons. The van der Waals surface area contributed by atoms with Gasteiger partial charge >= 0.3 is 5.97 Å². The van der Waals surface area contributed by atoms with E-state index in [1.54, 1.807) is 7.11 Å². The summed E-state index contributed by atoms with van der Waals surface area (Å²) < 4.78 is 12.1. The predicted octanol–water partition coefficient (Wildman–Crippen LogP) is 4.46. The van der Waals surface area contributed by atoms with Gasteiger partial charge in [-0.05, 0) is 93.2 Å². The first-order chi connectivity index (χ1) is 25.8. The molecule has 1 saturated carbocycles. The molecular weight excluding hydrogens is 681 g/mol. The fraction of sp³-hybridized carbons (Fsp3) is 0.614. The molecular formula is C44H58N4O6.